The number of carbonyl (C=O) groups is 1. The first-order valence-corrected chi connectivity index (χ1v) is 6.56. The summed E-state index contributed by atoms with van der Waals surface area (Å²) in [6.07, 6.45) is -0.406. The molecule has 4 heteroatoms. The maximum Gasteiger partial charge on any atom is 0.191 e. The SMILES string of the molecule is CCOC(COc1ccc(C)cc1C(C)=O)OCC. The van der Waals surface area contributed by atoms with Gasteiger partial charge in [-0.2, -0.15) is 0 Å². The van der Waals surface area contributed by atoms with Gasteiger partial charge >= 0.3 is 0 Å². The molecule has 1 aromatic carbocycles. The molecule has 0 spiro atoms. The summed E-state index contributed by atoms with van der Waals surface area (Å²) in [4.78, 5) is 11.6. The molecule has 0 atom stereocenters. The van der Waals surface area contributed by atoms with Gasteiger partial charge in [-0.15, -0.1) is 0 Å². The topological polar surface area (TPSA) is 44.8 Å². The third-order valence-electron chi connectivity index (χ3n) is 2.59. The summed E-state index contributed by atoms with van der Waals surface area (Å²) < 4.78 is 16.4. The first kappa shape index (κ1) is 15.7. The maximum absolute atomic E-state index is 11.6. The average molecular weight is 266 g/mol. The first-order chi connectivity index (χ1) is 9.08. The Morgan fingerprint density at radius 2 is 1.84 bits per heavy atom. The van der Waals surface area contributed by atoms with Gasteiger partial charge in [0.25, 0.3) is 0 Å². The minimum absolute atomic E-state index is 0.0110. The van der Waals surface area contributed by atoms with Crippen molar-refractivity contribution >= 4 is 5.78 Å². The molecule has 0 unspecified atom stereocenters. The number of rotatable bonds is 8. The quantitative estimate of drug-likeness (QED) is 0.536. The zero-order valence-corrected chi connectivity index (χ0v) is 12.1. The van der Waals surface area contributed by atoms with E-state index in [4.69, 9.17) is 14.2 Å². The van der Waals surface area contributed by atoms with Crippen LogP contribution < -0.4 is 4.74 Å². The number of ketones is 1. The molecule has 1 aromatic rings. The molecule has 1 rings (SSSR count). The standard InChI is InChI=1S/C15H22O4/c1-5-17-15(18-6-2)10-19-14-8-7-11(3)9-13(14)12(4)16/h7-9,15H,5-6,10H2,1-4H3. The number of hydrogen-bond acceptors (Lipinski definition) is 4. The summed E-state index contributed by atoms with van der Waals surface area (Å²) in [6, 6.07) is 5.55. The fourth-order valence-electron chi connectivity index (χ4n) is 1.72. The molecule has 0 fully saturated rings. The van der Waals surface area contributed by atoms with Crippen LogP contribution >= 0.6 is 0 Å². The molecular formula is C15H22O4. The molecule has 0 amide bonds. The number of Topliss-reactive ketones (excluding diaryl/α,β-unsaturated/α-hetero) is 1. The Hall–Kier alpha value is -1.39. The highest BCUT2D eigenvalue weighted by Gasteiger charge is 2.13. The van der Waals surface area contributed by atoms with Crippen molar-refractivity contribution in [2.45, 2.75) is 34.0 Å². The number of hydrogen-bond donors (Lipinski definition) is 0. The van der Waals surface area contributed by atoms with Crippen LogP contribution in [0.25, 0.3) is 0 Å². The highest BCUT2D eigenvalue weighted by Crippen LogP contribution is 2.21. The highest BCUT2D eigenvalue weighted by molar-refractivity contribution is 5.97. The van der Waals surface area contributed by atoms with Crippen molar-refractivity contribution < 1.29 is 19.0 Å². The largest absolute Gasteiger partial charge is 0.488 e. The van der Waals surface area contributed by atoms with Crippen LogP contribution in [0.1, 0.15) is 36.7 Å². The van der Waals surface area contributed by atoms with E-state index in [9.17, 15) is 4.79 Å². The molecule has 4 nitrogen and oxygen atoms in total. The molecule has 0 aromatic heterocycles. The lowest BCUT2D eigenvalue weighted by molar-refractivity contribution is -0.152. The van der Waals surface area contributed by atoms with Gasteiger partial charge in [0.2, 0.25) is 0 Å². The molecule has 0 aliphatic heterocycles. The van der Waals surface area contributed by atoms with Crippen LogP contribution in [0.3, 0.4) is 0 Å². The minimum atomic E-state index is -0.406. The van der Waals surface area contributed by atoms with Crippen LogP contribution in [-0.2, 0) is 9.47 Å². The predicted molar refractivity (Wildman–Crippen MR) is 73.7 cm³/mol. The minimum Gasteiger partial charge on any atom is -0.488 e. The van der Waals surface area contributed by atoms with Gasteiger partial charge in [0.15, 0.2) is 12.1 Å². The van der Waals surface area contributed by atoms with Gasteiger partial charge in [0, 0.05) is 13.2 Å². The third-order valence-corrected chi connectivity index (χ3v) is 2.59. The van der Waals surface area contributed by atoms with Crippen LogP contribution in [-0.4, -0.2) is 31.9 Å². The van der Waals surface area contributed by atoms with Gasteiger partial charge < -0.3 is 14.2 Å². The molecule has 0 saturated carbocycles. The van der Waals surface area contributed by atoms with Crippen molar-refractivity contribution in [1.82, 2.24) is 0 Å². The smallest absolute Gasteiger partial charge is 0.191 e. The Bertz CT molecular complexity index is 409. The summed E-state index contributed by atoms with van der Waals surface area (Å²) in [5, 5.41) is 0. The number of benzene rings is 1. The van der Waals surface area contributed by atoms with Crippen molar-refractivity contribution in [2.75, 3.05) is 19.8 Å². The molecule has 19 heavy (non-hydrogen) atoms. The Morgan fingerprint density at radius 3 is 2.37 bits per heavy atom. The van der Waals surface area contributed by atoms with E-state index in [1.807, 2.05) is 32.9 Å². The number of carbonyl (C=O) groups excluding carboxylic acids is 1. The van der Waals surface area contributed by atoms with E-state index >= 15 is 0 Å². The third kappa shape index (κ3) is 5.01. The molecule has 0 heterocycles. The van der Waals surface area contributed by atoms with Gasteiger partial charge in [-0.25, -0.2) is 0 Å². The molecule has 0 saturated heterocycles. The van der Waals surface area contributed by atoms with Crippen molar-refractivity contribution in [3.05, 3.63) is 29.3 Å². The molecule has 0 aliphatic rings. The van der Waals surface area contributed by atoms with Crippen LogP contribution in [0.15, 0.2) is 18.2 Å². The van der Waals surface area contributed by atoms with Crippen molar-refractivity contribution in [2.24, 2.45) is 0 Å². The lowest BCUT2D eigenvalue weighted by Gasteiger charge is -2.18. The zero-order valence-electron chi connectivity index (χ0n) is 12.1. The van der Waals surface area contributed by atoms with E-state index in [0.29, 0.717) is 24.5 Å². The second-order valence-electron chi connectivity index (χ2n) is 4.21. The second-order valence-corrected chi connectivity index (χ2v) is 4.21. The second kappa shape index (κ2) is 7.92. The summed E-state index contributed by atoms with van der Waals surface area (Å²) >= 11 is 0. The predicted octanol–water partition coefficient (Wildman–Crippen LogP) is 2.98. The average Bonchev–Trinajstić information content (AvgIpc) is 2.37. The van der Waals surface area contributed by atoms with Crippen LogP contribution in [0.4, 0.5) is 0 Å². The molecule has 106 valence electrons. The molecule has 0 N–H and O–H groups in total. The normalized spacial score (nSPS) is 10.8. The van der Waals surface area contributed by atoms with E-state index < -0.39 is 6.29 Å². The fraction of sp³-hybridized carbons (Fsp3) is 0.533. The summed E-state index contributed by atoms with van der Waals surface area (Å²) in [7, 11) is 0. The Balaban J connectivity index is 2.73. The van der Waals surface area contributed by atoms with Crippen molar-refractivity contribution in [3.63, 3.8) is 0 Å². The monoisotopic (exact) mass is 266 g/mol. The summed E-state index contributed by atoms with van der Waals surface area (Å²) in [5.74, 6) is 0.561. The molecule has 0 radical (unpaired) electrons. The maximum atomic E-state index is 11.6. The number of aryl methyl sites for hydroxylation is 1. The van der Waals surface area contributed by atoms with E-state index in [1.165, 1.54) is 6.92 Å². The van der Waals surface area contributed by atoms with E-state index in [2.05, 4.69) is 0 Å². The van der Waals surface area contributed by atoms with E-state index in [1.54, 1.807) is 6.07 Å². The van der Waals surface area contributed by atoms with Crippen LogP contribution in [0.2, 0.25) is 0 Å². The van der Waals surface area contributed by atoms with Gasteiger partial charge in [-0.1, -0.05) is 11.6 Å². The van der Waals surface area contributed by atoms with E-state index in [0.717, 1.165) is 5.56 Å². The fourth-order valence-corrected chi connectivity index (χ4v) is 1.72. The molecule has 0 bridgehead atoms. The van der Waals surface area contributed by atoms with Gasteiger partial charge in [0.05, 0.1) is 5.56 Å². The molecular weight excluding hydrogens is 244 g/mol. The van der Waals surface area contributed by atoms with Crippen molar-refractivity contribution in [1.29, 1.82) is 0 Å². The highest BCUT2D eigenvalue weighted by atomic mass is 16.7. The summed E-state index contributed by atoms with van der Waals surface area (Å²) in [6.45, 7) is 8.66. The van der Waals surface area contributed by atoms with Crippen LogP contribution in [0, 0.1) is 6.92 Å². The zero-order chi connectivity index (χ0) is 14.3. The number of ether oxygens (including phenoxy) is 3. The lowest BCUT2D eigenvalue weighted by Crippen LogP contribution is -2.25. The molecule has 0 aliphatic carbocycles. The van der Waals surface area contributed by atoms with Gasteiger partial charge in [-0.3, -0.25) is 4.79 Å². The van der Waals surface area contributed by atoms with Crippen LogP contribution in [0.5, 0.6) is 5.75 Å². The van der Waals surface area contributed by atoms with E-state index in [-0.39, 0.29) is 12.4 Å². The lowest BCUT2D eigenvalue weighted by atomic mass is 10.1. The Labute approximate surface area is 114 Å². The Kier molecular flexibility index (Phi) is 6.53. The summed E-state index contributed by atoms with van der Waals surface area (Å²) in [5.41, 5.74) is 1.62. The van der Waals surface area contributed by atoms with Gasteiger partial charge in [0.1, 0.15) is 12.4 Å². The van der Waals surface area contributed by atoms with Crippen molar-refractivity contribution in [3.8, 4) is 5.75 Å². The first-order valence-electron chi connectivity index (χ1n) is 6.56. The Morgan fingerprint density at radius 1 is 1.21 bits per heavy atom. The van der Waals surface area contributed by atoms with Gasteiger partial charge in [-0.05, 0) is 39.8 Å².